The summed E-state index contributed by atoms with van der Waals surface area (Å²) in [5, 5.41) is 2.78. The maximum Gasteiger partial charge on any atom is 0.333 e. The Morgan fingerprint density at radius 2 is 2.00 bits per heavy atom. The quantitative estimate of drug-likeness (QED) is 0.756. The predicted octanol–water partition coefficient (Wildman–Crippen LogP) is 0.979. The number of amides is 1. The van der Waals surface area contributed by atoms with Crippen LogP contribution in [0.4, 0.5) is 0 Å². The molecule has 21 heavy (non-hydrogen) atoms. The summed E-state index contributed by atoms with van der Waals surface area (Å²) in [6.07, 6.45) is 1.43. The summed E-state index contributed by atoms with van der Waals surface area (Å²) in [7, 11) is 0. The van der Waals surface area contributed by atoms with E-state index in [1.165, 1.54) is 16.7 Å². The van der Waals surface area contributed by atoms with Crippen molar-refractivity contribution in [3.05, 3.63) is 73.9 Å². The topological polar surface area (TPSA) is 83.4 Å². The van der Waals surface area contributed by atoms with Gasteiger partial charge in [-0.3, -0.25) is 19.0 Å². The minimum atomic E-state index is -0.546. The number of hydrogen-bond acceptors (Lipinski definition) is 4. The maximum absolute atomic E-state index is 12.1. The van der Waals surface area contributed by atoms with Crippen LogP contribution in [0.5, 0.6) is 0 Å². The van der Waals surface area contributed by atoms with Crippen LogP contribution in [0.15, 0.2) is 52.2 Å². The zero-order valence-corrected chi connectivity index (χ0v) is 11.6. The van der Waals surface area contributed by atoms with E-state index in [2.05, 4.69) is 10.3 Å². The summed E-state index contributed by atoms with van der Waals surface area (Å²) in [6.45, 7) is 0.405. The molecule has 0 saturated carbocycles. The van der Waals surface area contributed by atoms with Gasteiger partial charge in [-0.25, -0.2) is 4.79 Å². The van der Waals surface area contributed by atoms with Gasteiger partial charge in [-0.1, -0.05) is 30.3 Å². The van der Waals surface area contributed by atoms with Gasteiger partial charge in [-0.15, -0.1) is 11.3 Å². The molecule has 0 saturated heterocycles. The highest BCUT2D eigenvalue weighted by Gasteiger charge is 2.11. The van der Waals surface area contributed by atoms with Gasteiger partial charge < -0.3 is 5.32 Å². The van der Waals surface area contributed by atoms with Crippen LogP contribution in [0, 0.1) is 0 Å². The summed E-state index contributed by atoms with van der Waals surface area (Å²) in [5.74, 6) is -0.278. The number of H-pyrrole nitrogens is 1. The number of hydrogen-bond donors (Lipinski definition) is 2. The lowest BCUT2D eigenvalue weighted by atomic mass is 10.2. The molecule has 2 aromatic heterocycles. The van der Waals surface area contributed by atoms with E-state index < -0.39 is 11.2 Å². The second-order valence-electron chi connectivity index (χ2n) is 4.41. The number of thiazole rings is 1. The van der Waals surface area contributed by atoms with E-state index in [1.807, 2.05) is 30.3 Å². The van der Waals surface area contributed by atoms with Crippen molar-refractivity contribution >= 4 is 22.1 Å². The summed E-state index contributed by atoms with van der Waals surface area (Å²) in [5.41, 5.74) is -0.0340. The lowest BCUT2D eigenvalue weighted by molar-refractivity contribution is 0.0954. The van der Waals surface area contributed by atoms with Crippen molar-refractivity contribution in [2.75, 3.05) is 0 Å². The van der Waals surface area contributed by atoms with Crippen molar-refractivity contribution in [1.82, 2.24) is 14.7 Å². The molecule has 2 N–H and O–H groups in total. The molecule has 0 aliphatic carbocycles. The van der Waals surface area contributed by atoms with Crippen LogP contribution >= 0.6 is 11.3 Å². The van der Waals surface area contributed by atoms with Crippen molar-refractivity contribution in [2.24, 2.45) is 0 Å². The molecule has 106 valence electrons. The van der Waals surface area contributed by atoms with Gasteiger partial charge in [0, 0.05) is 18.8 Å². The van der Waals surface area contributed by atoms with Crippen molar-refractivity contribution < 1.29 is 4.79 Å². The van der Waals surface area contributed by atoms with Gasteiger partial charge in [0.15, 0.2) is 0 Å². The van der Waals surface area contributed by atoms with Crippen molar-refractivity contribution in [2.45, 2.75) is 6.54 Å². The van der Waals surface area contributed by atoms with E-state index >= 15 is 0 Å². The fourth-order valence-corrected chi connectivity index (χ4v) is 2.86. The molecule has 0 atom stereocenters. The highest BCUT2D eigenvalue weighted by Crippen LogP contribution is 2.14. The third-order valence-corrected chi connectivity index (χ3v) is 3.96. The fraction of sp³-hybridized carbons (Fsp3) is 0.0714. The lowest BCUT2D eigenvalue weighted by Gasteiger charge is -2.02. The molecule has 0 spiro atoms. The summed E-state index contributed by atoms with van der Waals surface area (Å²) >= 11 is 1.10. The average molecular weight is 301 g/mol. The number of carbonyl (C=O) groups is 1. The molecule has 0 unspecified atom stereocenters. The summed E-state index contributed by atoms with van der Waals surface area (Å²) in [6, 6.07) is 10.8. The van der Waals surface area contributed by atoms with E-state index in [1.54, 1.807) is 0 Å². The van der Waals surface area contributed by atoms with E-state index in [4.69, 9.17) is 0 Å². The molecule has 0 radical (unpaired) electrons. The van der Waals surface area contributed by atoms with E-state index in [0.29, 0.717) is 16.3 Å². The number of nitrogens with one attached hydrogen (secondary N) is 2. The second-order valence-corrected chi connectivity index (χ2v) is 5.47. The molecular weight excluding hydrogens is 290 g/mol. The molecule has 0 aliphatic rings. The number of fused-ring (bicyclic) bond motifs is 1. The molecule has 0 fully saturated rings. The molecule has 0 aliphatic heterocycles. The molecule has 1 amide bonds. The molecule has 3 aromatic rings. The number of benzene rings is 1. The van der Waals surface area contributed by atoms with Gasteiger partial charge in [0.1, 0.15) is 9.71 Å². The van der Waals surface area contributed by atoms with Crippen molar-refractivity contribution in [1.29, 1.82) is 0 Å². The first kappa shape index (κ1) is 13.3. The first-order chi connectivity index (χ1) is 10.1. The Balaban J connectivity index is 1.83. The lowest BCUT2D eigenvalue weighted by Crippen LogP contribution is -2.24. The molecule has 0 bridgehead atoms. The minimum absolute atomic E-state index is 0.278. The third kappa shape index (κ3) is 2.77. The second kappa shape index (κ2) is 5.37. The normalized spacial score (nSPS) is 10.7. The van der Waals surface area contributed by atoms with Gasteiger partial charge in [-0.05, 0) is 5.56 Å². The van der Waals surface area contributed by atoms with Crippen LogP contribution in [0.2, 0.25) is 0 Å². The number of nitrogens with zero attached hydrogens (tertiary/aromatic N) is 1. The van der Waals surface area contributed by atoms with Crippen LogP contribution in [0.3, 0.4) is 0 Å². The highest BCUT2D eigenvalue weighted by molar-refractivity contribution is 7.19. The molecule has 3 rings (SSSR count). The fourth-order valence-electron chi connectivity index (χ4n) is 1.91. The summed E-state index contributed by atoms with van der Waals surface area (Å²) in [4.78, 5) is 37.9. The molecule has 7 heteroatoms. The van der Waals surface area contributed by atoms with Crippen molar-refractivity contribution in [3.63, 3.8) is 0 Å². The Morgan fingerprint density at radius 1 is 1.24 bits per heavy atom. The van der Waals surface area contributed by atoms with Gasteiger partial charge in [0.05, 0.1) is 0 Å². The molecule has 1 aromatic carbocycles. The molecular formula is C14H11N3O3S. The third-order valence-electron chi connectivity index (χ3n) is 2.92. The van der Waals surface area contributed by atoms with Crippen LogP contribution < -0.4 is 16.6 Å². The SMILES string of the molecule is O=C(NCc1ccccc1)c1cn2c(=O)[nH]c(=O)cc2s1. The Morgan fingerprint density at radius 3 is 2.76 bits per heavy atom. The van der Waals surface area contributed by atoms with E-state index in [0.717, 1.165) is 16.9 Å². The number of rotatable bonds is 3. The van der Waals surface area contributed by atoms with Crippen LogP contribution in [0.1, 0.15) is 15.2 Å². The monoisotopic (exact) mass is 301 g/mol. The number of aromatic amines is 1. The van der Waals surface area contributed by atoms with Gasteiger partial charge in [0.2, 0.25) is 0 Å². The molecule has 2 heterocycles. The first-order valence-electron chi connectivity index (χ1n) is 6.21. The Hall–Kier alpha value is -2.67. The van der Waals surface area contributed by atoms with Crippen LogP contribution in [-0.2, 0) is 6.54 Å². The van der Waals surface area contributed by atoms with Crippen molar-refractivity contribution in [3.8, 4) is 0 Å². The number of aromatic nitrogens is 2. The van der Waals surface area contributed by atoms with Gasteiger partial charge in [0.25, 0.3) is 11.5 Å². The van der Waals surface area contributed by atoms with Crippen LogP contribution in [0.25, 0.3) is 4.83 Å². The maximum atomic E-state index is 12.1. The summed E-state index contributed by atoms with van der Waals surface area (Å²) < 4.78 is 1.25. The van der Waals surface area contributed by atoms with E-state index in [9.17, 15) is 14.4 Å². The van der Waals surface area contributed by atoms with Gasteiger partial charge >= 0.3 is 5.69 Å². The predicted molar refractivity (Wildman–Crippen MR) is 79.8 cm³/mol. The Bertz CT molecular complexity index is 908. The zero-order valence-electron chi connectivity index (χ0n) is 10.8. The first-order valence-corrected chi connectivity index (χ1v) is 7.03. The number of carbonyl (C=O) groups excluding carboxylic acids is 1. The molecule has 6 nitrogen and oxygen atoms in total. The average Bonchev–Trinajstić information content (AvgIpc) is 2.90. The highest BCUT2D eigenvalue weighted by atomic mass is 32.1. The Kier molecular flexibility index (Phi) is 3.41. The van der Waals surface area contributed by atoms with E-state index in [-0.39, 0.29) is 5.91 Å². The largest absolute Gasteiger partial charge is 0.347 e. The minimum Gasteiger partial charge on any atom is -0.347 e. The smallest absolute Gasteiger partial charge is 0.333 e. The van der Waals surface area contributed by atoms with Gasteiger partial charge in [-0.2, -0.15) is 0 Å². The standard InChI is InChI=1S/C14H11N3O3S/c18-11-6-12-17(14(20)16-11)8-10(21-12)13(19)15-7-9-4-2-1-3-5-9/h1-6,8H,7H2,(H,15,19)(H,16,18,20). The zero-order chi connectivity index (χ0) is 14.8. The van der Waals surface area contributed by atoms with Crippen LogP contribution in [-0.4, -0.2) is 15.3 Å². The Labute approximate surface area is 122 Å².